The van der Waals surface area contributed by atoms with Gasteiger partial charge in [-0.15, -0.1) is 0 Å². The summed E-state index contributed by atoms with van der Waals surface area (Å²) in [4.78, 5) is 0. The second-order valence-electron chi connectivity index (χ2n) is 9.66. The van der Waals surface area contributed by atoms with Gasteiger partial charge in [0.1, 0.15) is 0 Å². The predicted molar refractivity (Wildman–Crippen MR) is 186 cm³/mol. The summed E-state index contributed by atoms with van der Waals surface area (Å²) in [5.41, 5.74) is 10.8. The Balaban J connectivity index is 0.000000534. The normalized spacial score (nSPS) is 9.25. The molecule has 0 nitrogen and oxygen atoms in total. The maximum atomic E-state index is 2.22. The van der Waals surface area contributed by atoms with Gasteiger partial charge in [-0.25, -0.2) is 0 Å². The molecule has 0 saturated heterocycles. The third kappa shape index (κ3) is 11.4. The van der Waals surface area contributed by atoms with Crippen LogP contribution in [-0.4, -0.2) is 0 Å². The Morgan fingerprint density at radius 3 is 0.750 bits per heavy atom. The average molecular weight is 537 g/mol. The molecule has 0 radical (unpaired) electrons. The van der Waals surface area contributed by atoms with Crippen molar-refractivity contribution in [1.29, 1.82) is 0 Å². The summed E-state index contributed by atoms with van der Waals surface area (Å²) in [7, 11) is 0. The lowest BCUT2D eigenvalue weighted by molar-refractivity contribution is 1.38. The smallest absolute Gasteiger partial charge is 0.0120 e. The lowest BCUT2D eigenvalue weighted by Gasteiger charge is -2.11. The molecule has 0 spiro atoms. The van der Waals surface area contributed by atoms with Gasteiger partial charge in [0.2, 0.25) is 0 Å². The van der Waals surface area contributed by atoms with Gasteiger partial charge in [0.05, 0.1) is 0 Å². The standard InChI is InChI=1S/C14H16.C12H12.C8H10.3C2H6/c1-9-5-6-11(3)14-12(4)8-7-10(2)13(9)14;1-9-3-5-12-8-10(2)4-6-11(12)7-9;1-7-3-5-8(2)6-4-7;3*1-2/h5-8H,1-4H3;3-8H,1-2H3;3-6H,1-2H3;3*1-2H3. The fourth-order valence-electron chi connectivity index (χ4n) is 4.37. The van der Waals surface area contributed by atoms with E-state index in [9.17, 15) is 0 Å². The third-order valence-corrected chi connectivity index (χ3v) is 6.36. The minimum Gasteiger partial charge on any atom is -0.0683 e. The van der Waals surface area contributed by atoms with Gasteiger partial charge in [-0.2, -0.15) is 0 Å². The molecule has 0 aliphatic rings. The molecule has 5 aromatic rings. The van der Waals surface area contributed by atoms with Crippen LogP contribution in [0.15, 0.2) is 84.9 Å². The van der Waals surface area contributed by atoms with Crippen LogP contribution in [0.3, 0.4) is 0 Å². The average Bonchev–Trinajstić information content (AvgIpc) is 2.98. The van der Waals surface area contributed by atoms with Gasteiger partial charge in [0, 0.05) is 0 Å². The first-order valence-electron chi connectivity index (χ1n) is 15.1. The van der Waals surface area contributed by atoms with E-state index in [1.165, 1.54) is 66.1 Å². The van der Waals surface area contributed by atoms with Crippen LogP contribution >= 0.6 is 0 Å². The van der Waals surface area contributed by atoms with E-state index in [-0.39, 0.29) is 0 Å². The van der Waals surface area contributed by atoms with Crippen molar-refractivity contribution in [3.63, 3.8) is 0 Å². The molecule has 0 N–H and O–H groups in total. The summed E-state index contributed by atoms with van der Waals surface area (Å²) in [6, 6.07) is 30.4. The van der Waals surface area contributed by atoms with Crippen LogP contribution in [0.5, 0.6) is 0 Å². The summed E-state index contributed by atoms with van der Waals surface area (Å²) < 4.78 is 0. The molecule has 216 valence electrons. The van der Waals surface area contributed by atoms with Crippen LogP contribution in [0.25, 0.3) is 21.5 Å². The summed E-state index contributed by atoms with van der Waals surface area (Å²) in [6.07, 6.45) is 0. The molecule has 0 aliphatic carbocycles. The highest BCUT2D eigenvalue weighted by molar-refractivity contribution is 5.93. The van der Waals surface area contributed by atoms with Crippen LogP contribution in [0.1, 0.15) is 86.1 Å². The van der Waals surface area contributed by atoms with Crippen molar-refractivity contribution >= 4 is 21.5 Å². The molecule has 0 bridgehead atoms. The Kier molecular flexibility index (Phi) is 18.0. The molecule has 0 heterocycles. The first-order valence-corrected chi connectivity index (χ1v) is 15.1. The zero-order valence-electron chi connectivity index (χ0n) is 28.1. The number of hydrogen-bond donors (Lipinski definition) is 0. The predicted octanol–water partition coefficient (Wildman–Crippen LogP) is 12.9. The topological polar surface area (TPSA) is 0 Å². The van der Waals surface area contributed by atoms with Gasteiger partial charge >= 0.3 is 0 Å². The van der Waals surface area contributed by atoms with E-state index in [1.807, 2.05) is 41.5 Å². The van der Waals surface area contributed by atoms with Crippen molar-refractivity contribution in [2.45, 2.75) is 96.9 Å². The van der Waals surface area contributed by atoms with Crippen molar-refractivity contribution in [3.05, 3.63) is 129 Å². The lowest BCUT2D eigenvalue weighted by atomic mass is 9.94. The van der Waals surface area contributed by atoms with Gasteiger partial charge in [0.25, 0.3) is 0 Å². The summed E-state index contributed by atoms with van der Waals surface area (Å²) in [6.45, 7) is 29.2. The van der Waals surface area contributed by atoms with Gasteiger partial charge in [-0.1, -0.05) is 149 Å². The first-order chi connectivity index (χ1) is 19.2. The molecule has 0 fully saturated rings. The molecule has 0 aromatic heterocycles. The molecule has 0 unspecified atom stereocenters. The lowest BCUT2D eigenvalue weighted by Crippen LogP contribution is -1.89. The second kappa shape index (κ2) is 19.6. The Morgan fingerprint density at radius 1 is 0.275 bits per heavy atom. The van der Waals surface area contributed by atoms with Gasteiger partial charge < -0.3 is 0 Å². The van der Waals surface area contributed by atoms with Gasteiger partial charge in [-0.3, -0.25) is 0 Å². The zero-order valence-corrected chi connectivity index (χ0v) is 28.1. The van der Waals surface area contributed by atoms with Crippen molar-refractivity contribution < 1.29 is 0 Å². The molecule has 5 rings (SSSR count). The molecule has 0 atom stereocenters. The molecule has 40 heavy (non-hydrogen) atoms. The van der Waals surface area contributed by atoms with E-state index < -0.39 is 0 Å². The molecule has 0 saturated carbocycles. The SMILES string of the molecule is CC.CC.CC.Cc1ccc(C)c2c(C)ccc(C)c12.Cc1ccc(C)cc1.Cc1ccc2cc(C)ccc2c1. The van der Waals surface area contributed by atoms with E-state index in [0.717, 1.165) is 0 Å². The van der Waals surface area contributed by atoms with Crippen LogP contribution in [0.2, 0.25) is 0 Å². The van der Waals surface area contributed by atoms with Crippen molar-refractivity contribution in [2.75, 3.05) is 0 Å². The van der Waals surface area contributed by atoms with Crippen LogP contribution in [-0.2, 0) is 0 Å². The van der Waals surface area contributed by atoms with E-state index in [2.05, 4.69) is 140 Å². The monoisotopic (exact) mass is 536 g/mol. The van der Waals surface area contributed by atoms with Crippen LogP contribution in [0.4, 0.5) is 0 Å². The summed E-state index contributed by atoms with van der Waals surface area (Å²) >= 11 is 0. The van der Waals surface area contributed by atoms with Gasteiger partial charge in [-0.05, 0) is 99.2 Å². The number of aryl methyl sites for hydroxylation is 8. The van der Waals surface area contributed by atoms with Crippen molar-refractivity contribution in [3.8, 4) is 0 Å². The maximum Gasteiger partial charge on any atom is -0.0120 e. The Labute approximate surface area is 247 Å². The van der Waals surface area contributed by atoms with E-state index in [0.29, 0.717) is 0 Å². The molecule has 0 aliphatic heterocycles. The number of hydrogen-bond acceptors (Lipinski definition) is 0. The largest absolute Gasteiger partial charge is 0.0683 e. The summed E-state index contributed by atoms with van der Waals surface area (Å²) in [5.74, 6) is 0. The second-order valence-corrected chi connectivity index (χ2v) is 9.66. The number of rotatable bonds is 0. The van der Waals surface area contributed by atoms with Crippen LogP contribution < -0.4 is 0 Å². The Morgan fingerprint density at radius 2 is 0.500 bits per heavy atom. The maximum absolute atomic E-state index is 2.22. The highest BCUT2D eigenvalue weighted by Gasteiger charge is 2.05. The third-order valence-electron chi connectivity index (χ3n) is 6.36. The molecular weight excluding hydrogens is 480 g/mol. The Bertz CT molecular complexity index is 1250. The zero-order chi connectivity index (χ0) is 30.8. The number of fused-ring (bicyclic) bond motifs is 2. The summed E-state index contributed by atoms with van der Waals surface area (Å²) in [5, 5.41) is 5.54. The quantitative estimate of drug-likeness (QED) is 0.185. The fraction of sp³-hybridized carbons (Fsp3) is 0.350. The minimum absolute atomic E-state index is 1.33. The van der Waals surface area contributed by atoms with Crippen molar-refractivity contribution in [1.82, 2.24) is 0 Å². The number of benzene rings is 5. The molecule has 0 amide bonds. The minimum atomic E-state index is 1.33. The first kappa shape index (κ1) is 36.6. The van der Waals surface area contributed by atoms with Crippen molar-refractivity contribution in [2.24, 2.45) is 0 Å². The highest BCUT2D eigenvalue weighted by atomic mass is 14.1. The van der Waals surface area contributed by atoms with E-state index in [4.69, 9.17) is 0 Å². The molecule has 5 aromatic carbocycles. The van der Waals surface area contributed by atoms with E-state index >= 15 is 0 Å². The highest BCUT2D eigenvalue weighted by Crippen LogP contribution is 2.28. The Hall–Kier alpha value is -3.38. The van der Waals surface area contributed by atoms with Crippen LogP contribution in [0, 0.1) is 55.4 Å². The van der Waals surface area contributed by atoms with E-state index in [1.54, 1.807) is 0 Å². The molecule has 0 heteroatoms. The fourth-order valence-corrected chi connectivity index (χ4v) is 4.37. The van der Waals surface area contributed by atoms with Gasteiger partial charge in [0.15, 0.2) is 0 Å². The molecular formula is C40H56.